The molecule has 2 heterocycles. The first-order valence-corrected chi connectivity index (χ1v) is 11.8. The number of aromatic nitrogens is 2. The number of hydrogen-bond acceptors (Lipinski definition) is 7. The molecule has 182 valence electrons. The summed E-state index contributed by atoms with van der Waals surface area (Å²) in [5.74, 6) is -1.14. The Balaban J connectivity index is 2.15. The molecule has 3 rings (SSSR count). The molecular formula is C24H29N3O6S. The van der Waals surface area contributed by atoms with E-state index in [1.54, 1.807) is 27.7 Å². The molecule has 2 N–H and O–H groups in total. The van der Waals surface area contributed by atoms with E-state index in [4.69, 9.17) is 9.84 Å². The first-order valence-electron chi connectivity index (χ1n) is 10.9. The number of ether oxygens (including phenoxy) is 1. The maximum atomic E-state index is 13.4. The van der Waals surface area contributed by atoms with Gasteiger partial charge in [-0.05, 0) is 45.2 Å². The molecule has 9 nitrogen and oxygen atoms in total. The number of esters is 1. The summed E-state index contributed by atoms with van der Waals surface area (Å²) in [4.78, 5) is 52.4. The smallest absolute Gasteiger partial charge is 0.332 e. The second-order valence-corrected chi connectivity index (χ2v) is 9.86. The van der Waals surface area contributed by atoms with Crippen molar-refractivity contribution < 1.29 is 19.4 Å². The maximum Gasteiger partial charge on any atom is 0.332 e. The number of fused-ring (bicyclic) bond motifs is 1. The Morgan fingerprint density at radius 1 is 1.12 bits per heavy atom. The zero-order valence-corrected chi connectivity index (χ0v) is 20.5. The number of amides is 1. The van der Waals surface area contributed by atoms with E-state index in [0.29, 0.717) is 16.8 Å². The van der Waals surface area contributed by atoms with Crippen LogP contribution < -0.4 is 16.6 Å². The lowest BCUT2D eigenvalue weighted by atomic mass is 10.1. The van der Waals surface area contributed by atoms with Crippen molar-refractivity contribution in [3.63, 3.8) is 0 Å². The van der Waals surface area contributed by atoms with E-state index >= 15 is 0 Å². The van der Waals surface area contributed by atoms with Crippen LogP contribution in [-0.2, 0) is 29.0 Å². The van der Waals surface area contributed by atoms with Crippen LogP contribution in [-0.4, -0.2) is 44.9 Å². The van der Waals surface area contributed by atoms with Gasteiger partial charge in [0, 0.05) is 13.1 Å². The highest BCUT2D eigenvalue weighted by Gasteiger charge is 2.25. The summed E-state index contributed by atoms with van der Waals surface area (Å²) in [6.07, 6.45) is 0.517. The molecule has 10 heteroatoms. The molecule has 34 heavy (non-hydrogen) atoms. The largest absolute Gasteiger partial charge is 0.459 e. The van der Waals surface area contributed by atoms with Crippen molar-refractivity contribution in [3.8, 4) is 0 Å². The van der Waals surface area contributed by atoms with E-state index in [2.05, 4.69) is 5.32 Å². The predicted molar refractivity (Wildman–Crippen MR) is 130 cm³/mol. The fraction of sp³-hybridized carbons (Fsp3) is 0.417. The van der Waals surface area contributed by atoms with Crippen molar-refractivity contribution in [1.82, 2.24) is 14.5 Å². The Labute approximate surface area is 200 Å². The Morgan fingerprint density at radius 3 is 2.41 bits per heavy atom. The van der Waals surface area contributed by atoms with Crippen LogP contribution in [0.25, 0.3) is 10.2 Å². The summed E-state index contributed by atoms with van der Waals surface area (Å²) in [5, 5.41) is 11.8. The quantitative estimate of drug-likeness (QED) is 0.468. The third-order valence-electron chi connectivity index (χ3n) is 5.07. The van der Waals surface area contributed by atoms with Crippen LogP contribution in [0.5, 0.6) is 0 Å². The summed E-state index contributed by atoms with van der Waals surface area (Å²) in [7, 11) is 0. The molecule has 1 aromatic carbocycles. The Morgan fingerprint density at radius 2 is 1.79 bits per heavy atom. The maximum absolute atomic E-state index is 13.4. The van der Waals surface area contributed by atoms with Crippen LogP contribution in [0.1, 0.15) is 41.6 Å². The van der Waals surface area contributed by atoms with Gasteiger partial charge in [0.2, 0.25) is 0 Å². The molecule has 0 aliphatic heterocycles. The Bertz CT molecular complexity index is 1310. The highest BCUT2D eigenvalue weighted by molar-refractivity contribution is 7.20. The molecule has 0 fully saturated rings. The molecule has 0 unspecified atom stereocenters. The molecule has 3 aromatic rings. The number of carbonyl (C=O) groups is 2. The molecule has 0 bridgehead atoms. The number of aryl methyl sites for hydroxylation is 3. The predicted octanol–water partition coefficient (Wildman–Crippen LogP) is 1.84. The number of aliphatic hydroxyl groups excluding tert-OH is 1. The van der Waals surface area contributed by atoms with Crippen LogP contribution in [0.15, 0.2) is 39.9 Å². The summed E-state index contributed by atoms with van der Waals surface area (Å²) in [6, 6.07) is 9.57. The topological polar surface area (TPSA) is 120 Å². The highest BCUT2D eigenvalue weighted by atomic mass is 32.1. The van der Waals surface area contributed by atoms with E-state index in [-0.39, 0.29) is 30.0 Å². The molecule has 0 spiro atoms. The van der Waals surface area contributed by atoms with Gasteiger partial charge in [-0.3, -0.25) is 19.0 Å². The lowest BCUT2D eigenvalue weighted by Crippen LogP contribution is -2.42. The zero-order valence-electron chi connectivity index (χ0n) is 19.7. The van der Waals surface area contributed by atoms with Gasteiger partial charge in [-0.25, -0.2) is 9.36 Å². The number of nitrogens with zero attached hydrogens (tertiary/aromatic N) is 2. The second-order valence-electron chi connectivity index (χ2n) is 8.86. The number of thiophene rings is 1. The second kappa shape index (κ2) is 10.4. The van der Waals surface area contributed by atoms with Crippen LogP contribution >= 0.6 is 11.3 Å². The standard InChI is InChI=1S/C24H29N3O6S/c1-15-18-21(31)27(14-17(29)33-24(2,3)4)23(32)26(12-10-16-8-6-5-7-9-16)22(18)34-19(15)20(30)25-11-13-28/h5-9,28H,10-14H2,1-4H3,(H,25,30). The molecule has 0 atom stereocenters. The van der Waals surface area contributed by atoms with E-state index in [9.17, 15) is 19.2 Å². The molecule has 2 aromatic heterocycles. The van der Waals surface area contributed by atoms with Gasteiger partial charge in [0.05, 0.1) is 16.9 Å². The summed E-state index contributed by atoms with van der Waals surface area (Å²) < 4.78 is 7.63. The van der Waals surface area contributed by atoms with Gasteiger partial charge in [-0.15, -0.1) is 11.3 Å². The van der Waals surface area contributed by atoms with E-state index < -0.39 is 35.3 Å². The van der Waals surface area contributed by atoms with Gasteiger partial charge in [0.1, 0.15) is 17.0 Å². The van der Waals surface area contributed by atoms with Crippen molar-refractivity contribution in [1.29, 1.82) is 0 Å². The average Bonchev–Trinajstić information content (AvgIpc) is 3.11. The van der Waals surface area contributed by atoms with Crippen molar-refractivity contribution in [2.24, 2.45) is 0 Å². The fourth-order valence-electron chi connectivity index (χ4n) is 3.59. The van der Waals surface area contributed by atoms with Gasteiger partial charge >= 0.3 is 11.7 Å². The van der Waals surface area contributed by atoms with Gasteiger partial charge in [-0.1, -0.05) is 30.3 Å². The van der Waals surface area contributed by atoms with Crippen molar-refractivity contribution in [2.75, 3.05) is 13.2 Å². The number of hydrogen-bond donors (Lipinski definition) is 2. The van der Waals surface area contributed by atoms with E-state index in [0.717, 1.165) is 21.5 Å². The number of nitrogens with one attached hydrogen (secondary N) is 1. The van der Waals surface area contributed by atoms with Crippen molar-refractivity contribution in [2.45, 2.75) is 52.8 Å². The summed E-state index contributed by atoms with van der Waals surface area (Å²) in [6.45, 7) is 6.32. The molecule has 1 amide bonds. The molecule has 0 aliphatic rings. The van der Waals surface area contributed by atoms with E-state index in [1.165, 1.54) is 4.57 Å². The van der Waals surface area contributed by atoms with Crippen LogP contribution in [0, 0.1) is 6.92 Å². The SMILES string of the molecule is Cc1c(C(=O)NCCO)sc2c1c(=O)n(CC(=O)OC(C)(C)C)c(=O)n2CCc1ccccc1. The minimum Gasteiger partial charge on any atom is -0.459 e. The Kier molecular flexibility index (Phi) is 7.73. The molecule has 0 saturated heterocycles. The monoisotopic (exact) mass is 487 g/mol. The Hall–Kier alpha value is -3.24. The lowest BCUT2D eigenvalue weighted by Gasteiger charge is -2.20. The normalized spacial score (nSPS) is 11.6. The summed E-state index contributed by atoms with van der Waals surface area (Å²) in [5.41, 5.74) is -0.624. The van der Waals surface area contributed by atoms with Crippen LogP contribution in [0.4, 0.5) is 0 Å². The van der Waals surface area contributed by atoms with E-state index in [1.807, 2.05) is 30.3 Å². The first-order chi connectivity index (χ1) is 16.0. The van der Waals surface area contributed by atoms with Gasteiger partial charge in [0.15, 0.2) is 0 Å². The zero-order chi connectivity index (χ0) is 25.0. The third-order valence-corrected chi connectivity index (χ3v) is 6.39. The molecule has 0 aliphatic carbocycles. The number of benzene rings is 1. The number of aliphatic hydroxyl groups is 1. The average molecular weight is 488 g/mol. The van der Waals surface area contributed by atoms with Crippen LogP contribution in [0.3, 0.4) is 0 Å². The first kappa shape index (κ1) is 25.4. The van der Waals surface area contributed by atoms with Gasteiger partial charge in [-0.2, -0.15) is 0 Å². The fourth-order valence-corrected chi connectivity index (χ4v) is 4.82. The lowest BCUT2D eigenvalue weighted by molar-refractivity contribution is -0.155. The highest BCUT2D eigenvalue weighted by Crippen LogP contribution is 2.28. The molecule has 0 saturated carbocycles. The van der Waals surface area contributed by atoms with Crippen molar-refractivity contribution in [3.05, 3.63) is 67.2 Å². The van der Waals surface area contributed by atoms with Gasteiger partial charge < -0.3 is 15.2 Å². The minimum atomic E-state index is -0.770. The number of rotatable bonds is 8. The minimum absolute atomic E-state index is 0.0657. The third kappa shape index (κ3) is 5.63. The summed E-state index contributed by atoms with van der Waals surface area (Å²) >= 11 is 1.05. The van der Waals surface area contributed by atoms with Crippen molar-refractivity contribution >= 4 is 33.4 Å². The molecular weight excluding hydrogens is 458 g/mol. The number of carbonyl (C=O) groups excluding carboxylic acids is 2. The van der Waals surface area contributed by atoms with Crippen LogP contribution in [0.2, 0.25) is 0 Å². The molecule has 0 radical (unpaired) electrons. The van der Waals surface area contributed by atoms with Gasteiger partial charge in [0.25, 0.3) is 11.5 Å².